The Labute approximate surface area is 165 Å². The summed E-state index contributed by atoms with van der Waals surface area (Å²) in [6.07, 6.45) is 0. The molecule has 1 aliphatic heterocycles. The highest BCUT2D eigenvalue weighted by atomic mass is 35.5. The molecule has 0 unspecified atom stereocenters. The Morgan fingerprint density at radius 3 is 2.43 bits per heavy atom. The van der Waals surface area contributed by atoms with Crippen LogP contribution in [0.4, 0.5) is 0 Å². The van der Waals surface area contributed by atoms with Crippen LogP contribution in [0, 0.1) is 13.8 Å². The van der Waals surface area contributed by atoms with E-state index in [4.69, 9.17) is 25.6 Å². The van der Waals surface area contributed by atoms with Crippen molar-refractivity contribution in [1.29, 1.82) is 0 Å². The number of fused-ring (bicyclic) bond motifs is 3. The van der Waals surface area contributed by atoms with Gasteiger partial charge >= 0.3 is 0 Å². The minimum absolute atomic E-state index is 0.414. The Morgan fingerprint density at radius 2 is 1.68 bits per heavy atom. The highest BCUT2D eigenvalue weighted by molar-refractivity contribution is 6.30. The van der Waals surface area contributed by atoms with Gasteiger partial charge in [-0.15, -0.1) is 0 Å². The van der Waals surface area contributed by atoms with E-state index in [9.17, 15) is 0 Å². The fourth-order valence-corrected chi connectivity index (χ4v) is 3.59. The Balaban J connectivity index is 1.75. The van der Waals surface area contributed by atoms with E-state index in [-0.39, 0.29) is 0 Å². The van der Waals surface area contributed by atoms with Gasteiger partial charge < -0.3 is 9.05 Å². The number of aromatic nitrogens is 3. The first-order chi connectivity index (χ1) is 13.6. The first-order valence-electron chi connectivity index (χ1n) is 8.81. The number of aryl methyl sites for hydroxylation is 2. The second-order valence-electron chi connectivity index (χ2n) is 6.64. The minimum Gasteiger partial charge on any atom is -0.358 e. The van der Waals surface area contributed by atoms with E-state index in [2.05, 4.69) is 15.3 Å². The van der Waals surface area contributed by atoms with Crippen LogP contribution in [0.1, 0.15) is 28.4 Å². The molecule has 138 valence electrons. The van der Waals surface area contributed by atoms with Crippen LogP contribution in [0.5, 0.6) is 0 Å². The summed E-state index contributed by atoms with van der Waals surface area (Å²) in [7, 11) is 0. The fraction of sp³-hybridized carbons (Fsp3) is 0.143. The topological polar surface area (TPSA) is 77.3 Å². The third-order valence-electron chi connectivity index (χ3n) is 4.75. The van der Waals surface area contributed by atoms with E-state index >= 15 is 0 Å². The van der Waals surface area contributed by atoms with E-state index in [1.165, 1.54) is 0 Å². The molecule has 0 bridgehead atoms. The van der Waals surface area contributed by atoms with E-state index < -0.39 is 0 Å². The highest BCUT2D eigenvalue weighted by Crippen LogP contribution is 2.37. The van der Waals surface area contributed by atoms with Crippen LogP contribution in [0.25, 0.3) is 22.6 Å². The van der Waals surface area contributed by atoms with Crippen molar-refractivity contribution in [3.8, 4) is 22.6 Å². The maximum atomic E-state index is 6.08. The highest BCUT2D eigenvalue weighted by Gasteiger charge is 2.25. The fourth-order valence-electron chi connectivity index (χ4n) is 3.47. The first-order valence-corrected chi connectivity index (χ1v) is 9.19. The van der Waals surface area contributed by atoms with Crippen LogP contribution in [-0.4, -0.2) is 21.0 Å². The van der Waals surface area contributed by atoms with Crippen molar-refractivity contribution in [2.45, 2.75) is 20.4 Å². The maximum absolute atomic E-state index is 6.08. The van der Waals surface area contributed by atoms with Crippen molar-refractivity contribution < 1.29 is 9.05 Å². The average Bonchev–Trinajstić information content (AvgIpc) is 3.24. The molecule has 28 heavy (non-hydrogen) atoms. The summed E-state index contributed by atoms with van der Waals surface area (Å²) >= 11 is 6.08. The van der Waals surface area contributed by atoms with Gasteiger partial charge in [0.15, 0.2) is 11.6 Å². The number of benzene rings is 2. The molecular formula is C21H15ClN4O2. The summed E-state index contributed by atoms with van der Waals surface area (Å²) < 4.78 is 10.9. The lowest BCUT2D eigenvalue weighted by molar-refractivity contribution is 0.382. The normalized spacial score (nSPS) is 12.9. The van der Waals surface area contributed by atoms with Crippen molar-refractivity contribution in [3.05, 3.63) is 75.9 Å². The van der Waals surface area contributed by atoms with Gasteiger partial charge in [0.1, 0.15) is 6.54 Å². The van der Waals surface area contributed by atoms with Gasteiger partial charge in [0, 0.05) is 21.7 Å². The average molecular weight is 391 g/mol. The molecule has 0 aliphatic carbocycles. The predicted molar refractivity (Wildman–Crippen MR) is 106 cm³/mol. The molecule has 0 saturated carbocycles. The quantitative estimate of drug-likeness (QED) is 0.480. The van der Waals surface area contributed by atoms with E-state index in [1.54, 1.807) is 6.92 Å². The van der Waals surface area contributed by atoms with Crippen molar-refractivity contribution in [2.24, 2.45) is 4.99 Å². The van der Waals surface area contributed by atoms with Gasteiger partial charge in [0.05, 0.1) is 17.0 Å². The molecule has 0 saturated heterocycles. The zero-order valence-corrected chi connectivity index (χ0v) is 16.0. The van der Waals surface area contributed by atoms with Crippen LogP contribution in [0.3, 0.4) is 0 Å². The van der Waals surface area contributed by atoms with Crippen LogP contribution in [0.2, 0.25) is 5.02 Å². The van der Waals surface area contributed by atoms with Gasteiger partial charge in [0.2, 0.25) is 0 Å². The Kier molecular flexibility index (Phi) is 3.87. The van der Waals surface area contributed by atoms with Crippen molar-refractivity contribution >= 4 is 17.3 Å². The second-order valence-corrected chi connectivity index (χ2v) is 7.08. The van der Waals surface area contributed by atoms with Crippen LogP contribution in [0.15, 0.2) is 56.5 Å². The molecule has 0 spiro atoms. The van der Waals surface area contributed by atoms with Gasteiger partial charge in [-0.2, -0.15) is 4.98 Å². The molecule has 0 radical (unpaired) electrons. The molecule has 0 N–H and O–H groups in total. The third-order valence-corrected chi connectivity index (χ3v) is 5.00. The molecule has 7 heteroatoms. The molecule has 2 aromatic heterocycles. The minimum atomic E-state index is 0.414. The van der Waals surface area contributed by atoms with Gasteiger partial charge in [0.25, 0.3) is 5.89 Å². The Bertz CT molecular complexity index is 1220. The largest absolute Gasteiger partial charge is 0.358 e. The molecule has 2 aromatic carbocycles. The van der Waals surface area contributed by atoms with Crippen LogP contribution < -0.4 is 0 Å². The molecule has 4 aromatic rings. The van der Waals surface area contributed by atoms with Crippen LogP contribution in [-0.2, 0) is 6.54 Å². The lowest BCUT2D eigenvalue weighted by Crippen LogP contribution is -2.05. The summed E-state index contributed by atoms with van der Waals surface area (Å²) in [5, 5.41) is 8.71. The molecule has 1 aliphatic rings. The van der Waals surface area contributed by atoms with Crippen molar-refractivity contribution in [2.75, 3.05) is 0 Å². The zero-order valence-electron chi connectivity index (χ0n) is 15.2. The van der Waals surface area contributed by atoms with Crippen LogP contribution >= 0.6 is 11.6 Å². The standard InChI is InChI=1S/C21H15ClN4O2/c1-11-19-16-8-5-14(21-24-12(2)26-28-21)9-17(16)20(23-10-18(19)27-25-11)13-3-6-15(22)7-4-13/h3-9H,10H2,1-2H3. The number of nitrogens with zero attached hydrogens (tertiary/aromatic N) is 4. The lowest BCUT2D eigenvalue weighted by Gasteiger charge is -2.12. The maximum Gasteiger partial charge on any atom is 0.257 e. The first kappa shape index (κ1) is 16.9. The lowest BCUT2D eigenvalue weighted by atomic mass is 9.91. The van der Waals surface area contributed by atoms with E-state index in [1.807, 2.05) is 49.4 Å². The molecule has 0 fully saturated rings. The summed E-state index contributed by atoms with van der Waals surface area (Å²) in [6.45, 7) is 4.15. The van der Waals surface area contributed by atoms with E-state index in [0.717, 1.165) is 45.0 Å². The molecule has 0 amide bonds. The Hall–Kier alpha value is -3.25. The smallest absolute Gasteiger partial charge is 0.257 e. The number of hydrogen-bond acceptors (Lipinski definition) is 6. The van der Waals surface area contributed by atoms with Crippen molar-refractivity contribution in [1.82, 2.24) is 15.3 Å². The van der Waals surface area contributed by atoms with Gasteiger partial charge in [-0.05, 0) is 43.7 Å². The zero-order chi connectivity index (χ0) is 19.3. The monoisotopic (exact) mass is 390 g/mol. The number of aliphatic imine (C=N–C) groups is 1. The van der Waals surface area contributed by atoms with Gasteiger partial charge in [-0.3, -0.25) is 4.99 Å². The van der Waals surface area contributed by atoms with Gasteiger partial charge in [-0.1, -0.05) is 40.1 Å². The number of rotatable bonds is 2. The Morgan fingerprint density at radius 1 is 0.893 bits per heavy atom. The number of halogens is 1. The number of hydrogen-bond donors (Lipinski definition) is 0. The van der Waals surface area contributed by atoms with Gasteiger partial charge in [-0.25, -0.2) is 0 Å². The molecule has 6 nitrogen and oxygen atoms in total. The molecule has 3 heterocycles. The SMILES string of the molecule is Cc1noc(-c2ccc3c(c2)C(c2ccc(Cl)cc2)=NCc2onc(C)c2-3)n1. The summed E-state index contributed by atoms with van der Waals surface area (Å²) in [6, 6.07) is 13.7. The molecule has 5 rings (SSSR count). The predicted octanol–water partition coefficient (Wildman–Crippen LogP) is 5.01. The molecular weight excluding hydrogens is 376 g/mol. The van der Waals surface area contributed by atoms with Crippen molar-refractivity contribution in [3.63, 3.8) is 0 Å². The summed E-state index contributed by atoms with van der Waals surface area (Å²) in [5.74, 6) is 1.82. The second kappa shape index (κ2) is 6.42. The third kappa shape index (κ3) is 2.73. The summed E-state index contributed by atoms with van der Waals surface area (Å²) in [5.41, 5.74) is 6.45. The summed E-state index contributed by atoms with van der Waals surface area (Å²) in [4.78, 5) is 9.18. The molecule has 0 atom stereocenters. The van der Waals surface area contributed by atoms with E-state index in [0.29, 0.717) is 23.3 Å².